The minimum Gasteiger partial charge on any atom is -0.399 e. The maximum atomic E-state index is 5.65. The third kappa shape index (κ3) is 4.27. The first-order valence-electron chi connectivity index (χ1n) is 6.66. The van der Waals surface area contributed by atoms with Crippen LogP contribution in [0.4, 0.5) is 11.4 Å². The monoisotopic (exact) mass is 233 g/mol. The molecule has 94 valence electrons. The molecule has 3 N–H and O–H groups in total. The Morgan fingerprint density at radius 1 is 1.00 bits per heavy atom. The molecule has 0 saturated carbocycles. The summed E-state index contributed by atoms with van der Waals surface area (Å²) in [5.74, 6) is 0. The smallest absolute Gasteiger partial charge is 0.0342 e. The van der Waals surface area contributed by atoms with E-state index in [0.29, 0.717) is 0 Å². The topological polar surface area (TPSA) is 41.3 Å². The van der Waals surface area contributed by atoms with Gasteiger partial charge in [0.15, 0.2) is 0 Å². The highest BCUT2D eigenvalue weighted by Crippen LogP contribution is 2.11. The minimum atomic E-state index is 0.822. The molecule has 0 unspecified atom stereocenters. The molecule has 17 heavy (non-hydrogen) atoms. The zero-order valence-electron chi connectivity index (χ0n) is 10.5. The van der Waals surface area contributed by atoms with Crippen LogP contribution in [-0.2, 0) is 0 Å². The van der Waals surface area contributed by atoms with Gasteiger partial charge in [-0.25, -0.2) is 0 Å². The molecule has 3 nitrogen and oxygen atoms in total. The Bertz CT molecular complexity index is 313. The summed E-state index contributed by atoms with van der Waals surface area (Å²) in [5, 5.41) is 3.44. The van der Waals surface area contributed by atoms with Crippen molar-refractivity contribution in [1.29, 1.82) is 0 Å². The average molecular weight is 233 g/mol. The van der Waals surface area contributed by atoms with Gasteiger partial charge in [-0.3, -0.25) is 0 Å². The molecule has 0 aromatic heterocycles. The molecular weight excluding hydrogens is 210 g/mol. The lowest BCUT2D eigenvalue weighted by molar-refractivity contribution is 0.296. The van der Waals surface area contributed by atoms with E-state index in [4.69, 9.17) is 5.73 Å². The van der Waals surface area contributed by atoms with Gasteiger partial charge in [0.25, 0.3) is 0 Å². The van der Waals surface area contributed by atoms with E-state index in [9.17, 15) is 0 Å². The van der Waals surface area contributed by atoms with Crippen molar-refractivity contribution in [1.82, 2.24) is 4.90 Å². The van der Waals surface area contributed by atoms with Crippen molar-refractivity contribution >= 4 is 11.4 Å². The summed E-state index contributed by atoms with van der Waals surface area (Å²) >= 11 is 0. The number of benzene rings is 1. The van der Waals surface area contributed by atoms with Crippen molar-refractivity contribution in [3.63, 3.8) is 0 Å². The Hall–Kier alpha value is -1.22. The zero-order valence-corrected chi connectivity index (χ0v) is 10.5. The third-order valence-electron chi connectivity index (χ3n) is 3.37. The van der Waals surface area contributed by atoms with Gasteiger partial charge < -0.3 is 16.0 Å². The zero-order chi connectivity index (χ0) is 11.9. The Morgan fingerprint density at radius 3 is 2.29 bits per heavy atom. The SMILES string of the molecule is Nc1ccc(NCCN2CCCCCC2)cc1. The van der Waals surface area contributed by atoms with Crippen LogP contribution in [0.15, 0.2) is 24.3 Å². The molecule has 0 radical (unpaired) electrons. The Morgan fingerprint density at radius 2 is 1.65 bits per heavy atom. The van der Waals surface area contributed by atoms with Gasteiger partial charge >= 0.3 is 0 Å². The van der Waals surface area contributed by atoms with Gasteiger partial charge in [0, 0.05) is 24.5 Å². The van der Waals surface area contributed by atoms with Crippen molar-refractivity contribution in [2.75, 3.05) is 37.2 Å². The predicted molar refractivity (Wildman–Crippen MR) is 74.3 cm³/mol. The van der Waals surface area contributed by atoms with E-state index < -0.39 is 0 Å². The fourth-order valence-corrected chi connectivity index (χ4v) is 2.32. The number of nitrogens with one attached hydrogen (secondary N) is 1. The number of nitrogen functional groups attached to an aromatic ring is 1. The van der Waals surface area contributed by atoms with Crippen LogP contribution in [0, 0.1) is 0 Å². The van der Waals surface area contributed by atoms with E-state index in [1.807, 2.05) is 24.3 Å². The van der Waals surface area contributed by atoms with Crippen molar-refractivity contribution in [3.05, 3.63) is 24.3 Å². The van der Waals surface area contributed by atoms with Crippen molar-refractivity contribution in [2.45, 2.75) is 25.7 Å². The number of likely N-dealkylation sites (tertiary alicyclic amines) is 1. The van der Waals surface area contributed by atoms with Gasteiger partial charge in [0.2, 0.25) is 0 Å². The first-order chi connectivity index (χ1) is 8.34. The molecule has 1 saturated heterocycles. The van der Waals surface area contributed by atoms with Crippen LogP contribution in [0.1, 0.15) is 25.7 Å². The van der Waals surface area contributed by atoms with Gasteiger partial charge in [0.05, 0.1) is 0 Å². The summed E-state index contributed by atoms with van der Waals surface area (Å²) in [6.45, 7) is 4.70. The molecule has 3 heteroatoms. The second-order valence-electron chi connectivity index (χ2n) is 4.80. The Kier molecular flexibility index (Phi) is 4.68. The molecule has 1 aliphatic rings. The molecule has 0 bridgehead atoms. The number of hydrogen-bond donors (Lipinski definition) is 2. The van der Waals surface area contributed by atoms with Crippen LogP contribution in [-0.4, -0.2) is 31.1 Å². The molecule has 0 amide bonds. The first kappa shape index (κ1) is 12.2. The van der Waals surface area contributed by atoms with Crippen LogP contribution in [0.25, 0.3) is 0 Å². The third-order valence-corrected chi connectivity index (χ3v) is 3.37. The maximum absolute atomic E-state index is 5.65. The number of nitrogens with two attached hydrogens (primary N) is 1. The van der Waals surface area contributed by atoms with Gasteiger partial charge in [-0.05, 0) is 50.2 Å². The number of nitrogens with zero attached hydrogens (tertiary/aromatic N) is 1. The van der Waals surface area contributed by atoms with Crippen molar-refractivity contribution in [3.8, 4) is 0 Å². The minimum absolute atomic E-state index is 0.822. The molecule has 0 aliphatic carbocycles. The second kappa shape index (κ2) is 6.50. The van der Waals surface area contributed by atoms with Gasteiger partial charge in [-0.2, -0.15) is 0 Å². The summed E-state index contributed by atoms with van der Waals surface area (Å²) < 4.78 is 0. The molecule has 1 aliphatic heterocycles. The summed E-state index contributed by atoms with van der Waals surface area (Å²) in [4.78, 5) is 2.57. The summed E-state index contributed by atoms with van der Waals surface area (Å²) in [6, 6.07) is 7.96. The van der Waals surface area contributed by atoms with E-state index in [1.165, 1.54) is 38.8 Å². The van der Waals surface area contributed by atoms with Crippen molar-refractivity contribution < 1.29 is 0 Å². The fraction of sp³-hybridized carbons (Fsp3) is 0.571. The molecule has 0 spiro atoms. The highest BCUT2D eigenvalue weighted by atomic mass is 15.1. The first-order valence-corrected chi connectivity index (χ1v) is 6.66. The lowest BCUT2D eigenvalue weighted by atomic mass is 10.2. The van der Waals surface area contributed by atoms with E-state index in [-0.39, 0.29) is 0 Å². The molecule has 1 aromatic carbocycles. The molecule has 1 heterocycles. The number of hydrogen-bond acceptors (Lipinski definition) is 3. The summed E-state index contributed by atoms with van der Waals surface area (Å²) in [7, 11) is 0. The highest BCUT2D eigenvalue weighted by molar-refractivity contribution is 5.51. The predicted octanol–water partition coefficient (Wildman–Crippen LogP) is 2.56. The number of anilines is 2. The molecule has 2 rings (SSSR count). The fourth-order valence-electron chi connectivity index (χ4n) is 2.32. The molecular formula is C14H23N3. The van der Waals surface area contributed by atoms with Gasteiger partial charge in [-0.1, -0.05) is 12.8 Å². The van der Waals surface area contributed by atoms with Crippen molar-refractivity contribution in [2.24, 2.45) is 0 Å². The van der Waals surface area contributed by atoms with Crippen LogP contribution in [0.2, 0.25) is 0 Å². The molecule has 1 fully saturated rings. The van der Waals surface area contributed by atoms with E-state index in [1.54, 1.807) is 0 Å². The average Bonchev–Trinajstić information content (AvgIpc) is 2.60. The second-order valence-corrected chi connectivity index (χ2v) is 4.80. The van der Waals surface area contributed by atoms with E-state index >= 15 is 0 Å². The Balaban J connectivity index is 1.69. The van der Waals surface area contributed by atoms with E-state index in [2.05, 4.69) is 10.2 Å². The van der Waals surface area contributed by atoms with E-state index in [0.717, 1.165) is 24.5 Å². The largest absolute Gasteiger partial charge is 0.399 e. The summed E-state index contributed by atoms with van der Waals surface area (Å²) in [5.41, 5.74) is 7.64. The number of rotatable bonds is 4. The Labute approximate surface area is 104 Å². The highest BCUT2D eigenvalue weighted by Gasteiger charge is 2.07. The normalized spacial score (nSPS) is 17.6. The van der Waals surface area contributed by atoms with Crippen LogP contribution in [0.5, 0.6) is 0 Å². The van der Waals surface area contributed by atoms with Crippen LogP contribution >= 0.6 is 0 Å². The maximum Gasteiger partial charge on any atom is 0.0342 e. The standard InChI is InChI=1S/C14H23N3/c15-13-5-7-14(8-6-13)16-9-12-17-10-3-1-2-4-11-17/h5-8,16H,1-4,9-12,15H2. The van der Waals surface area contributed by atoms with Gasteiger partial charge in [-0.15, -0.1) is 0 Å². The quantitative estimate of drug-likeness (QED) is 0.785. The van der Waals surface area contributed by atoms with Gasteiger partial charge in [0.1, 0.15) is 0 Å². The summed E-state index contributed by atoms with van der Waals surface area (Å²) in [6.07, 6.45) is 5.54. The lowest BCUT2D eigenvalue weighted by Gasteiger charge is -2.20. The molecule has 1 aromatic rings. The van der Waals surface area contributed by atoms with Crippen LogP contribution < -0.4 is 11.1 Å². The molecule has 0 atom stereocenters. The lowest BCUT2D eigenvalue weighted by Crippen LogP contribution is -2.29. The van der Waals surface area contributed by atoms with Crippen LogP contribution in [0.3, 0.4) is 0 Å².